The van der Waals surface area contributed by atoms with Gasteiger partial charge in [-0.3, -0.25) is 4.79 Å². The maximum absolute atomic E-state index is 12.6. The van der Waals surface area contributed by atoms with Crippen molar-refractivity contribution in [2.45, 2.75) is 6.10 Å². The van der Waals surface area contributed by atoms with Crippen molar-refractivity contribution in [3.05, 3.63) is 72.4 Å². The molecule has 4 aromatic rings. The van der Waals surface area contributed by atoms with Gasteiger partial charge in [0, 0.05) is 18.3 Å². The monoisotopic (exact) mass is 404 g/mol. The molecule has 1 amide bonds. The summed E-state index contributed by atoms with van der Waals surface area (Å²) in [5.74, 6) is 0.991. The summed E-state index contributed by atoms with van der Waals surface area (Å²) in [5.41, 5.74) is 3.64. The van der Waals surface area contributed by atoms with Crippen LogP contribution >= 0.6 is 0 Å². The van der Waals surface area contributed by atoms with Crippen LogP contribution in [0.1, 0.15) is 22.4 Å². The van der Waals surface area contributed by atoms with E-state index in [-0.39, 0.29) is 12.0 Å². The normalized spacial score (nSPS) is 16.7. The number of furan rings is 1. The summed E-state index contributed by atoms with van der Waals surface area (Å²) in [6.07, 6.45) is 3.09. The van der Waals surface area contributed by atoms with E-state index in [4.69, 9.17) is 13.9 Å². The van der Waals surface area contributed by atoms with Crippen LogP contribution in [0.25, 0.3) is 16.6 Å². The van der Waals surface area contributed by atoms with E-state index in [2.05, 4.69) is 10.3 Å². The number of rotatable bonds is 4. The molecule has 152 valence electrons. The van der Waals surface area contributed by atoms with E-state index < -0.39 is 0 Å². The van der Waals surface area contributed by atoms with E-state index in [0.29, 0.717) is 31.2 Å². The molecule has 0 aliphatic carbocycles. The van der Waals surface area contributed by atoms with Crippen LogP contribution in [0.4, 0.5) is 0 Å². The summed E-state index contributed by atoms with van der Waals surface area (Å²) in [6.45, 7) is 1.34. The standard InChI is InChI=1S/C22H20N4O4/c1-28-17-7-4-15(5-8-17)16-6-9-18-21(23-24-26(18)13-16)20-14-25(10-12-30-20)22(27)19-3-2-11-29-19/h2-9,11,13,20H,10,12,14H2,1H3. The first-order valence-corrected chi connectivity index (χ1v) is 9.67. The van der Waals surface area contributed by atoms with Crippen LogP contribution in [0.5, 0.6) is 5.75 Å². The first kappa shape index (κ1) is 18.4. The van der Waals surface area contributed by atoms with Gasteiger partial charge in [0.05, 0.1) is 32.0 Å². The predicted octanol–water partition coefficient (Wildman–Crippen LogP) is 3.21. The molecule has 1 aromatic carbocycles. The fraction of sp³-hybridized carbons (Fsp3) is 0.227. The van der Waals surface area contributed by atoms with E-state index in [1.165, 1.54) is 6.26 Å². The topological polar surface area (TPSA) is 82.1 Å². The first-order valence-electron chi connectivity index (χ1n) is 9.67. The summed E-state index contributed by atoms with van der Waals surface area (Å²) in [5, 5.41) is 8.62. The third kappa shape index (κ3) is 3.31. The molecule has 0 radical (unpaired) electrons. The molecule has 1 saturated heterocycles. The van der Waals surface area contributed by atoms with Crippen molar-refractivity contribution in [3.63, 3.8) is 0 Å². The molecule has 3 aromatic heterocycles. The van der Waals surface area contributed by atoms with Gasteiger partial charge in [-0.2, -0.15) is 0 Å². The van der Waals surface area contributed by atoms with E-state index in [9.17, 15) is 4.79 Å². The first-order chi connectivity index (χ1) is 14.7. The third-order valence-electron chi connectivity index (χ3n) is 5.25. The highest BCUT2D eigenvalue weighted by molar-refractivity contribution is 5.91. The third-order valence-corrected chi connectivity index (χ3v) is 5.25. The zero-order valence-corrected chi connectivity index (χ0v) is 16.4. The molecule has 0 spiro atoms. The number of pyridine rings is 1. The van der Waals surface area contributed by atoms with Gasteiger partial charge < -0.3 is 18.8 Å². The quantitative estimate of drug-likeness (QED) is 0.520. The van der Waals surface area contributed by atoms with Crippen LogP contribution in [0.3, 0.4) is 0 Å². The van der Waals surface area contributed by atoms with Crippen molar-refractivity contribution in [2.75, 3.05) is 26.8 Å². The predicted molar refractivity (Wildman–Crippen MR) is 108 cm³/mol. The number of morpholine rings is 1. The van der Waals surface area contributed by atoms with Crippen molar-refractivity contribution < 1.29 is 18.7 Å². The number of hydrogen-bond donors (Lipinski definition) is 0. The lowest BCUT2D eigenvalue weighted by Crippen LogP contribution is -2.42. The Hall–Kier alpha value is -3.65. The van der Waals surface area contributed by atoms with Crippen molar-refractivity contribution in [2.24, 2.45) is 0 Å². The van der Waals surface area contributed by atoms with Crippen molar-refractivity contribution in [1.29, 1.82) is 0 Å². The number of amides is 1. The lowest BCUT2D eigenvalue weighted by atomic mass is 10.1. The van der Waals surface area contributed by atoms with Crippen molar-refractivity contribution in [1.82, 2.24) is 19.7 Å². The zero-order chi connectivity index (χ0) is 20.5. The maximum Gasteiger partial charge on any atom is 0.289 e. The molecule has 30 heavy (non-hydrogen) atoms. The summed E-state index contributed by atoms with van der Waals surface area (Å²) >= 11 is 0. The number of methoxy groups -OCH3 is 1. The van der Waals surface area contributed by atoms with Gasteiger partial charge in [0.15, 0.2) is 5.76 Å². The summed E-state index contributed by atoms with van der Waals surface area (Å²) in [6, 6.07) is 15.2. The van der Waals surface area contributed by atoms with E-state index in [1.807, 2.05) is 42.6 Å². The minimum Gasteiger partial charge on any atom is -0.497 e. The molecular weight excluding hydrogens is 384 g/mol. The number of fused-ring (bicyclic) bond motifs is 1. The Morgan fingerprint density at radius 2 is 1.97 bits per heavy atom. The van der Waals surface area contributed by atoms with Crippen molar-refractivity contribution >= 4 is 11.4 Å². The molecular formula is C22H20N4O4. The van der Waals surface area contributed by atoms with E-state index >= 15 is 0 Å². The van der Waals surface area contributed by atoms with Crippen LogP contribution in [0.15, 0.2) is 65.4 Å². The highest BCUT2D eigenvalue weighted by Crippen LogP contribution is 2.28. The molecule has 8 nitrogen and oxygen atoms in total. The zero-order valence-electron chi connectivity index (χ0n) is 16.4. The SMILES string of the molecule is COc1ccc(-c2ccc3c(C4CN(C(=O)c5ccco5)CCO4)nnn3c2)cc1. The van der Waals surface area contributed by atoms with Gasteiger partial charge >= 0.3 is 0 Å². The Bertz CT molecular complexity index is 1170. The Balaban J connectivity index is 1.40. The summed E-state index contributed by atoms with van der Waals surface area (Å²) < 4.78 is 18.1. The lowest BCUT2D eigenvalue weighted by Gasteiger charge is -2.31. The highest BCUT2D eigenvalue weighted by Gasteiger charge is 2.30. The van der Waals surface area contributed by atoms with Crippen molar-refractivity contribution in [3.8, 4) is 16.9 Å². The van der Waals surface area contributed by atoms with Crippen LogP contribution in [-0.4, -0.2) is 52.4 Å². The number of benzene rings is 1. The fourth-order valence-electron chi connectivity index (χ4n) is 3.65. The second-order valence-corrected chi connectivity index (χ2v) is 7.04. The molecule has 5 rings (SSSR count). The second kappa shape index (κ2) is 7.64. The molecule has 1 aliphatic rings. The van der Waals surface area contributed by atoms with Crippen LogP contribution < -0.4 is 4.74 Å². The molecule has 8 heteroatoms. The van der Waals surface area contributed by atoms with E-state index in [1.54, 1.807) is 28.7 Å². The Morgan fingerprint density at radius 3 is 2.73 bits per heavy atom. The minimum absolute atomic E-state index is 0.147. The van der Waals surface area contributed by atoms with Gasteiger partial charge in [-0.25, -0.2) is 4.52 Å². The minimum atomic E-state index is -0.345. The van der Waals surface area contributed by atoms with Gasteiger partial charge in [0.25, 0.3) is 5.91 Å². The highest BCUT2D eigenvalue weighted by atomic mass is 16.5. The van der Waals surface area contributed by atoms with Crippen LogP contribution in [0, 0.1) is 0 Å². The van der Waals surface area contributed by atoms with Gasteiger partial charge in [-0.05, 0) is 35.9 Å². The maximum atomic E-state index is 12.6. The largest absolute Gasteiger partial charge is 0.497 e. The summed E-state index contributed by atoms with van der Waals surface area (Å²) in [4.78, 5) is 14.3. The molecule has 0 saturated carbocycles. The average Bonchev–Trinajstić information content (AvgIpc) is 3.48. The number of aromatic nitrogens is 3. The van der Waals surface area contributed by atoms with Crippen LogP contribution in [-0.2, 0) is 4.74 Å². The number of carbonyl (C=O) groups is 1. The number of ether oxygens (including phenoxy) is 2. The number of hydrogen-bond acceptors (Lipinski definition) is 6. The molecule has 0 bridgehead atoms. The Kier molecular flexibility index (Phi) is 4.68. The molecule has 1 fully saturated rings. The fourth-order valence-corrected chi connectivity index (χ4v) is 3.65. The number of carbonyl (C=O) groups excluding carboxylic acids is 1. The lowest BCUT2D eigenvalue weighted by molar-refractivity contribution is -0.0250. The number of nitrogens with zero attached hydrogens (tertiary/aromatic N) is 4. The van der Waals surface area contributed by atoms with E-state index in [0.717, 1.165) is 22.4 Å². The Labute approximate surface area is 172 Å². The molecule has 0 N–H and O–H groups in total. The Morgan fingerprint density at radius 1 is 1.13 bits per heavy atom. The molecule has 4 heterocycles. The smallest absolute Gasteiger partial charge is 0.289 e. The average molecular weight is 404 g/mol. The molecule has 1 atom stereocenters. The second-order valence-electron chi connectivity index (χ2n) is 7.04. The molecule has 1 aliphatic heterocycles. The van der Waals surface area contributed by atoms with Gasteiger partial charge in [-0.1, -0.05) is 23.4 Å². The van der Waals surface area contributed by atoms with Gasteiger partial charge in [0.1, 0.15) is 17.5 Å². The van der Waals surface area contributed by atoms with Gasteiger partial charge in [-0.15, -0.1) is 5.10 Å². The van der Waals surface area contributed by atoms with Gasteiger partial charge in [0.2, 0.25) is 0 Å². The molecule has 1 unspecified atom stereocenters. The summed E-state index contributed by atoms with van der Waals surface area (Å²) in [7, 11) is 1.65. The van der Waals surface area contributed by atoms with Crippen LogP contribution in [0.2, 0.25) is 0 Å².